The lowest BCUT2D eigenvalue weighted by Crippen LogP contribution is -2.12. The Balaban J connectivity index is 1.51. The number of anilines is 3. The Bertz CT molecular complexity index is 2200. The SMILES string of the molecule is c1ccc(-c2cccc(N(c3ccccc3-c3ccccc3)c3c4ccccc4cc4oc5cnccc5c34)c2)cc1. The number of hydrogen-bond acceptors (Lipinski definition) is 3. The van der Waals surface area contributed by atoms with E-state index in [-0.39, 0.29) is 0 Å². The second kappa shape index (κ2) is 10.1. The summed E-state index contributed by atoms with van der Waals surface area (Å²) in [4.78, 5) is 6.77. The fraction of sp³-hybridized carbons (Fsp3) is 0. The van der Waals surface area contributed by atoms with Gasteiger partial charge in [-0.2, -0.15) is 0 Å². The van der Waals surface area contributed by atoms with Gasteiger partial charge in [-0.25, -0.2) is 0 Å². The minimum absolute atomic E-state index is 0.776. The Morgan fingerprint density at radius 1 is 0.524 bits per heavy atom. The molecule has 0 unspecified atom stereocenters. The zero-order valence-corrected chi connectivity index (χ0v) is 22.8. The van der Waals surface area contributed by atoms with Gasteiger partial charge in [-0.05, 0) is 52.4 Å². The smallest absolute Gasteiger partial charge is 0.153 e. The largest absolute Gasteiger partial charge is 0.454 e. The second-order valence-corrected chi connectivity index (χ2v) is 10.4. The van der Waals surface area contributed by atoms with Gasteiger partial charge < -0.3 is 9.32 Å². The van der Waals surface area contributed by atoms with Crippen LogP contribution < -0.4 is 4.90 Å². The van der Waals surface area contributed by atoms with Crippen LogP contribution in [0.2, 0.25) is 0 Å². The minimum Gasteiger partial charge on any atom is -0.454 e. The number of nitrogens with zero attached hydrogens (tertiary/aromatic N) is 2. The zero-order chi connectivity index (χ0) is 27.9. The summed E-state index contributed by atoms with van der Waals surface area (Å²) in [6.45, 7) is 0. The third kappa shape index (κ3) is 4.03. The van der Waals surface area contributed by atoms with E-state index in [1.54, 1.807) is 0 Å². The highest BCUT2D eigenvalue weighted by molar-refractivity contribution is 6.22. The number of hydrogen-bond donors (Lipinski definition) is 0. The van der Waals surface area contributed by atoms with Gasteiger partial charge in [-0.15, -0.1) is 0 Å². The molecule has 6 aromatic carbocycles. The summed E-state index contributed by atoms with van der Waals surface area (Å²) in [5, 5.41) is 4.38. The maximum Gasteiger partial charge on any atom is 0.153 e. The van der Waals surface area contributed by atoms with Gasteiger partial charge in [0.1, 0.15) is 5.58 Å². The second-order valence-electron chi connectivity index (χ2n) is 10.4. The third-order valence-corrected chi connectivity index (χ3v) is 7.92. The predicted octanol–water partition coefficient (Wildman–Crippen LogP) is 10.9. The first-order valence-electron chi connectivity index (χ1n) is 14.1. The summed E-state index contributed by atoms with van der Waals surface area (Å²) < 4.78 is 6.44. The highest BCUT2D eigenvalue weighted by Crippen LogP contribution is 2.49. The van der Waals surface area contributed by atoms with Crippen LogP contribution in [0, 0.1) is 0 Å². The Morgan fingerprint density at radius 3 is 2.10 bits per heavy atom. The molecule has 8 aromatic rings. The Kier molecular flexibility index (Phi) is 5.79. The van der Waals surface area contributed by atoms with Crippen LogP contribution in [-0.2, 0) is 0 Å². The summed E-state index contributed by atoms with van der Waals surface area (Å²) in [6.07, 6.45) is 3.65. The number of aromatic nitrogens is 1. The molecule has 0 N–H and O–H groups in total. The van der Waals surface area contributed by atoms with E-state index < -0.39 is 0 Å². The van der Waals surface area contributed by atoms with Crippen LogP contribution in [0.25, 0.3) is 55.0 Å². The van der Waals surface area contributed by atoms with Gasteiger partial charge in [0, 0.05) is 28.2 Å². The van der Waals surface area contributed by atoms with Crippen molar-refractivity contribution in [3.63, 3.8) is 0 Å². The fourth-order valence-electron chi connectivity index (χ4n) is 6.04. The summed E-state index contributed by atoms with van der Waals surface area (Å²) >= 11 is 0. The van der Waals surface area contributed by atoms with Gasteiger partial charge in [0.2, 0.25) is 0 Å². The van der Waals surface area contributed by atoms with E-state index in [2.05, 4.69) is 155 Å². The first kappa shape index (κ1) is 24.2. The quantitative estimate of drug-likeness (QED) is 0.218. The summed E-state index contributed by atoms with van der Waals surface area (Å²) in [5.41, 5.74) is 9.52. The number of fused-ring (bicyclic) bond motifs is 4. The summed E-state index contributed by atoms with van der Waals surface area (Å²) in [7, 11) is 0. The highest BCUT2D eigenvalue weighted by atomic mass is 16.3. The summed E-state index contributed by atoms with van der Waals surface area (Å²) in [5.74, 6) is 0. The maximum atomic E-state index is 6.44. The topological polar surface area (TPSA) is 29.3 Å². The Labute approximate surface area is 243 Å². The first-order valence-corrected chi connectivity index (χ1v) is 14.1. The molecule has 198 valence electrons. The van der Waals surface area contributed by atoms with E-state index in [1.165, 1.54) is 5.56 Å². The zero-order valence-electron chi connectivity index (χ0n) is 22.8. The molecule has 0 radical (unpaired) electrons. The van der Waals surface area contributed by atoms with Crippen molar-refractivity contribution < 1.29 is 4.42 Å². The standard InChI is InChI=1S/C39H26N2O/c1-3-12-27(13-4-1)29-17-11-18-31(24-29)41(35-21-10-9-19-32(35)28-14-5-2-6-15-28)39-33-20-8-7-16-30(33)25-36-38(39)34-22-23-40-26-37(34)42-36/h1-26H. The average molecular weight is 539 g/mol. The minimum atomic E-state index is 0.776. The maximum absolute atomic E-state index is 6.44. The number of rotatable bonds is 5. The van der Waals surface area contributed by atoms with E-state index in [1.807, 2.05) is 12.4 Å². The predicted molar refractivity (Wildman–Crippen MR) is 175 cm³/mol. The van der Waals surface area contributed by atoms with E-state index in [0.717, 1.165) is 66.5 Å². The van der Waals surface area contributed by atoms with Crippen molar-refractivity contribution >= 4 is 49.8 Å². The lowest BCUT2D eigenvalue weighted by molar-refractivity contribution is 0.667. The van der Waals surface area contributed by atoms with Crippen molar-refractivity contribution in [3.8, 4) is 22.3 Å². The lowest BCUT2D eigenvalue weighted by atomic mass is 9.97. The van der Waals surface area contributed by atoms with Crippen LogP contribution in [0.5, 0.6) is 0 Å². The monoisotopic (exact) mass is 538 g/mol. The average Bonchev–Trinajstić information content (AvgIpc) is 3.44. The van der Waals surface area contributed by atoms with E-state index in [0.29, 0.717) is 0 Å². The van der Waals surface area contributed by atoms with E-state index >= 15 is 0 Å². The molecule has 2 aromatic heterocycles. The molecule has 3 nitrogen and oxygen atoms in total. The molecule has 0 saturated carbocycles. The van der Waals surface area contributed by atoms with E-state index in [9.17, 15) is 0 Å². The molecule has 0 amide bonds. The molecule has 0 atom stereocenters. The van der Waals surface area contributed by atoms with Crippen molar-refractivity contribution in [2.24, 2.45) is 0 Å². The van der Waals surface area contributed by atoms with Crippen molar-refractivity contribution in [1.82, 2.24) is 4.98 Å². The first-order chi connectivity index (χ1) is 20.8. The van der Waals surface area contributed by atoms with Gasteiger partial charge in [0.15, 0.2) is 5.58 Å². The van der Waals surface area contributed by atoms with Crippen LogP contribution in [0.15, 0.2) is 162 Å². The van der Waals surface area contributed by atoms with Crippen molar-refractivity contribution in [2.75, 3.05) is 4.90 Å². The van der Waals surface area contributed by atoms with Crippen molar-refractivity contribution in [2.45, 2.75) is 0 Å². The summed E-state index contributed by atoms with van der Waals surface area (Å²) in [6, 6.07) is 51.4. The molecule has 3 heteroatoms. The number of pyridine rings is 1. The molecule has 0 saturated heterocycles. The number of furan rings is 1. The lowest BCUT2D eigenvalue weighted by Gasteiger charge is -2.30. The molecule has 0 bridgehead atoms. The molecule has 0 fully saturated rings. The molecule has 0 aliphatic heterocycles. The molecule has 42 heavy (non-hydrogen) atoms. The Morgan fingerprint density at radius 2 is 1.24 bits per heavy atom. The Hall–Kier alpha value is -5.67. The molecule has 2 heterocycles. The van der Waals surface area contributed by atoms with Gasteiger partial charge >= 0.3 is 0 Å². The van der Waals surface area contributed by atoms with Crippen molar-refractivity contribution in [3.05, 3.63) is 158 Å². The van der Waals surface area contributed by atoms with Gasteiger partial charge in [0.25, 0.3) is 0 Å². The molecule has 0 aliphatic rings. The van der Waals surface area contributed by atoms with Crippen LogP contribution in [0.4, 0.5) is 17.1 Å². The van der Waals surface area contributed by atoms with Gasteiger partial charge in [0.05, 0.1) is 23.0 Å². The van der Waals surface area contributed by atoms with Crippen LogP contribution in [-0.4, -0.2) is 4.98 Å². The molecule has 0 spiro atoms. The highest BCUT2D eigenvalue weighted by Gasteiger charge is 2.24. The van der Waals surface area contributed by atoms with Crippen LogP contribution in [0.1, 0.15) is 0 Å². The van der Waals surface area contributed by atoms with Gasteiger partial charge in [-0.3, -0.25) is 4.98 Å². The number of para-hydroxylation sites is 1. The normalized spacial score (nSPS) is 11.3. The molecular weight excluding hydrogens is 512 g/mol. The molecule has 0 aliphatic carbocycles. The van der Waals surface area contributed by atoms with Crippen LogP contribution in [0.3, 0.4) is 0 Å². The fourth-order valence-corrected chi connectivity index (χ4v) is 6.04. The van der Waals surface area contributed by atoms with Crippen LogP contribution >= 0.6 is 0 Å². The molecule has 8 rings (SSSR count). The molecular formula is C39H26N2O. The number of benzene rings is 6. The van der Waals surface area contributed by atoms with E-state index in [4.69, 9.17) is 4.42 Å². The van der Waals surface area contributed by atoms with Crippen molar-refractivity contribution in [1.29, 1.82) is 0 Å². The van der Waals surface area contributed by atoms with Gasteiger partial charge in [-0.1, -0.05) is 115 Å². The third-order valence-electron chi connectivity index (χ3n) is 7.92.